The fourth-order valence-electron chi connectivity index (χ4n) is 2.29. The van der Waals surface area contributed by atoms with E-state index in [2.05, 4.69) is 10.6 Å². The largest absolute Gasteiger partial charge is 0.493 e. The number of amides is 2. The van der Waals surface area contributed by atoms with Gasteiger partial charge in [-0.05, 0) is 42.3 Å². The third kappa shape index (κ3) is 4.98. The number of benzene rings is 2. The zero-order valence-electron chi connectivity index (χ0n) is 14.5. The number of rotatable bonds is 6. The molecule has 0 atom stereocenters. The van der Waals surface area contributed by atoms with E-state index in [1.807, 2.05) is 18.2 Å². The average Bonchev–Trinajstić information content (AvgIpc) is 2.67. The van der Waals surface area contributed by atoms with Crippen LogP contribution in [0.1, 0.15) is 11.1 Å². The van der Waals surface area contributed by atoms with Crippen LogP contribution in [-0.4, -0.2) is 32.6 Å². The Morgan fingerprint density at radius 1 is 1.04 bits per heavy atom. The van der Waals surface area contributed by atoms with Gasteiger partial charge in [0.15, 0.2) is 11.5 Å². The number of nitrogens with one attached hydrogen (secondary N) is 2. The van der Waals surface area contributed by atoms with E-state index in [-0.39, 0.29) is 0 Å². The summed E-state index contributed by atoms with van der Waals surface area (Å²) in [6, 6.07) is 13.8. The Bertz CT molecular complexity index is 843. The minimum atomic E-state index is -0.785. The van der Waals surface area contributed by atoms with E-state index >= 15 is 0 Å². The summed E-state index contributed by atoms with van der Waals surface area (Å²) < 4.78 is 10.4. The van der Waals surface area contributed by atoms with Crippen molar-refractivity contribution in [1.29, 1.82) is 5.26 Å². The van der Waals surface area contributed by atoms with Gasteiger partial charge in [0.05, 0.1) is 25.9 Å². The Labute approximate surface area is 151 Å². The predicted octanol–water partition coefficient (Wildman–Crippen LogP) is 1.87. The maximum atomic E-state index is 11.9. The van der Waals surface area contributed by atoms with E-state index in [1.165, 1.54) is 6.07 Å². The summed E-state index contributed by atoms with van der Waals surface area (Å²) in [5, 5.41) is 13.9. The maximum absolute atomic E-state index is 11.9. The van der Waals surface area contributed by atoms with Gasteiger partial charge in [0.1, 0.15) is 0 Å². The molecule has 0 saturated carbocycles. The van der Waals surface area contributed by atoms with E-state index < -0.39 is 11.8 Å². The van der Waals surface area contributed by atoms with Gasteiger partial charge in [0.25, 0.3) is 0 Å². The number of carbonyl (C=O) groups is 2. The quantitative estimate of drug-likeness (QED) is 0.772. The van der Waals surface area contributed by atoms with Crippen LogP contribution in [0.15, 0.2) is 42.5 Å². The van der Waals surface area contributed by atoms with Crippen molar-refractivity contribution >= 4 is 17.5 Å². The third-order valence-corrected chi connectivity index (χ3v) is 3.60. The first-order chi connectivity index (χ1) is 12.6. The molecule has 0 aliphatic carbocycles. The van der Waals surface area contributed by atoms with Crippen LogP contribution in [0.3, 0.4) is 0 Å². The smallest absolute Gasteiger partial charge is 0.313 e. The molecular weight excluding hydrogens is 334 g/mol. The lowest BCUT2D eigenvalue weighted by Crippen LogP contribution is -2.36. The number of anilines is 1. The number of hydrogen-bond acceptors (Lipinski definition) is 5. The van der Waals surface area contributed by atoms with E-state index in [9.17, 15) is 9.59 Å². The van der Waals surface area contributed by atoms with Gasteiger partial charge in [-0.25, -0.2) is 0 Å². The molecule has 2 N–H and O–H groups in total. The summed E-state index contributed by atoms with van der Waals surface area (Å²) in [6.07, 6.45) is 0.531. The van der Waals surface area contributed by atoms with Crippen LogP contribution in [0, 0.1) is 11.3 Å². The summed E-state index contributed by atoms with van der Waals surface area (Å²) in [4.78, 5) is 23.8. The van der Waals surface area contributed by atoms with Gasteiger partial charge in [-0.15, -0.1) is 0 Å². The lowest BCUT2D eigenvalue weighted by molar-refractivity contribution is -0.136. The standard InChI is InChI=1S/C19H19N3O4/c1-25-16-7-6-13(11-17(16)26-2)8-9-21-18(23)19(24)22-15-5-3-4-14(10-15)12-20/h3-7,10-11H,8-9H2,1-2H3,(H,21,23)(H,22,24). The average molecular weight is 353 g/mol. The zero-order valence-corrected chi connectivity index (χ0v) is 14.5. The van der Waals surface area contributed by atoms with Crippen LogP contribution in [0.5, 0.6) is 11.5 Å². The highest BCUT2D eigenvalue weighted by atomic mass is 16.5. The zero-order chi connectivity index (χ0) is 18.9. The first-order valence-corrected chi connectivity index (χ1v) is 7.87. The van der Waals surface area contributed by atoms with Crippen molar-refractivity contribution in [3.8, 4) is 17.6 Å². The molecule has 0 radical (unpaired) electrons. The maximum Gasteiger partial charge on any atom is 0.313 e. The van der Waals surface area contributed by atoms with E-state index in [4.69, 9.17) is 14.7 Å². The molecule has 0 aromatic heterocycles. The Balaban J connectivity index is 1.86. The predicted molar refractivity (Wildman–Crippen MR) is 96.0 cm³/mol. The molecule has 0 heterocycles. The fraction of sp³-hybridized carbons (Fsp3) is 0.211. The first kappa shape index (κ1) is 18.8. The molecule has 2 aromatic rings. The Morgan fingerprint density at radius 2 is 1.81 bits per heavy atom. The Kier molecular flexibility index (Phi) is 6.57. The van der Waals surface area contributed by atoms with Crippen LogP contribution in [0.25, 0.3) is 0 Å². The minimum Gasteiger partial charge on any atom is -0.493 e. The van der Waals surface area contributed by atoms with E-state index in [1.54, 1.807) is 38.5 Å². The lowest BCUT2D eigenvalue weighted by Gasteiger charge is -2.10. The molecule has 134 valence electrons. The van der Waals surface area contributed by atoms with Gasteiger partial charge in [0.2, 0.25) is 0 Å². The normalized spacial score (nSPS) is 9.73. The lowest BCUT2D eigenvalue weighted by atomic mass is 10.1. The molecule has 0 fully saturated rings. The van der Waals surface area contributed by atoms with Gasteiger partial charge < -0.3 is 20.1 Å². The van der Waals surface area contributed by atoms with E-state index in [0.29, 0.717) is 35.7 Å². The second-order valence-electron chi connectivity index (χ2n) is 5.34. The molecule has 0 spiro atoms. The highest BCUT2D eigenvalue weighted by molar-refractivity contribution is 6.39. The van der Waals surface area contributed by atoms with Crippen molar-refractivity contribution in [2.24, 2.45) is 0 Å². The van der Waals surface area contributed by atoms with Crippen LogP contribution in [0.4, 0.5) is 5.69 Å². The number of methoxy groups -OCH3 is 2. The van der Waals surface area contributed by atoms with Gasteiger partial charge >= 0.3 is 11.8 Å². The van der Waals surface area contributed by atoms with Gasteiger partial charge in [-0.1, -0.05) is 12.1 Å². The van der Waals surface area contributed by atoms with Crippen LogP contribution in [-0.2, 0) is 16.0 Å². The van der Waals surface area contributed by atoms with Crippen molar-refractivity contribution < 1.29 is 19.1 Å². The molecular formula is C19H19N3O4. The fourth-order valence-corrected chi connectivity index (χ4v) is 2.29. The summed E-state index contributed by atoms with van der Waals surface area (Å²) in [5.41, 5.74) is 1.73. The van der Waals surface area contributed by atoms with Crippen molar-refractivity contribution in [2.45, 2.75) is 6.42 Å². The highest BCUT2D eigenvalue weighted by Gasteiger charge is 2.13. The minimum absolute atomic E-state index is 0.292. The molecule has 0 aliphatic rings. The van der Waals surface area contributed by atoms with Crippen molar-refractivity contribution in [3.63, 3.8) is 0 Å². The molecule has 7 nitrogen and oxygen atoms in total. The summed E-state index contributed by atoms with van der Waals surface area (Å²) in [5.74, 6) is -0.300. The number of ether oxygens (including phenoxy) is 2. The molecule has 2 rings (SSSR count). The number of carbonyl (C=O) groups excluding carboxylic acids is 2. The van der Waals surface area contributed by atoms with Gasteiger partial charge in [-0.2, -0.15) is 5.26 Å². The highest BCUT2D eigenvalue weighted by Crippen LogP contribution is 2.27. The Morgan fingerprint density at radius 3 is 2.50 bits per heavy atom. The van der Waals surface area contributed by atoms with Crippen molar-refractivity contribution in [1.82, 2.24) is 5.32 Å². The van der Waals surface area contributed by atoms with Gasteiger partial charge in [0, 0.05) is 12.2 Å². The third-order valence-electron chi connectivity index (χ3n) is 3.60. The molecule has 7 heteroatoms. The van der Waals surface area contributed by atoms with Crippen LogP contribution in [0.2, 0.25) is 0 Å². The SMILES string of the molecule is COc1ccc(CCNC(=O)C(=O)Nc2cccc(C#N)c2)cc1OC. The van der Waals surface area contributed by atoms with Crippen LogP contribution >= 0.6 is 0 Å². The molecule has 2 aromatic carbocycles. The van der Waals surface area contributed by atoms with Crippen molar-refractivity contribution in [3.05, 3.63) is 53.6 Å². The topological polar surface area (TPSA) is 100 Å². The molecule has 0 saturated heterocycles. The Hall–Kier alpha value is -3.53. The number of hydrogen-bond donors (Lipinski definition) is 2. The second-order valence-corrected chi connectivity index (χ2v) is 5.34. The summed E-state index contributed by atoms with van der Waals surface area (Å²) >= 11 is 0. The molecule has 2 amide bonds. The first-order valence-electron chi connectivity index (χ1n) is 7.87. The molecule has 0 aliphatic heterocycles. The second kappa shape index (κ2) is 9.08. The molecule has 0 unspecified atom stereocenters. The molecule has 0 bridgehead atoms. The van der Waals surface area contributed by atoms with Gasteiger partial charge in [-0.3, -0.25) is 9.59 Å². The number of nitriles is 1. The summed E-state index contributed by atoms with van der Waals surface area (Å²) in [6.45, 7) is 0.292. The summed E-state index contributed by atoms with van der Waals surface area (Å²) in [7, 11) is 3.11. The molecule has 26 heavy (non-hydrogen) atoms. The monoisotopic (exact) mass is 353 g/mol. The van der Waals surface area contributed by atoms with E-state index in [0.717, 1.165) is 5.56 Å². The number of nitrogens with zero attached hydrogens (tertiary/aromatic N) is 1. The van der Waals surface area contributed by atoms with Crippen molar-refractivity contribution in [2.75, 3.05) is 26.1 Å². The van der Waals surface area contributed by atoms with Crippen LogP contribution < -0.4 is 20.1 Å².